The van der Waals surface area contributed by atoms with Crippen molar-refractivity contribution < 1.29 is 42.3 Å². The van der Waals surface area contributed by atoms with E-state index >= 15 is 0 Å². The summed E-state index contributed by atoms with van der Waals surface area (Å²) in [5.74, 6) is 3.94. The molecule has 3 saturated carbocycles. The molecule has 12 atom stereocenters. The summed E-state index contributed by atoms with van der Waals surface area (Å²) in [5, 5.41) is 33.6. The second-order valence-electron chi connectivity index (χ2n) is 25.7. The van der Waals surface area contributed by atoms with Crippen molar-refractivity contribution in [3.8, 4) is 0 Å². The number of carbonyl (C=O) groups excluding carboxylic acids is 6. The molecule has 0 radical (unpaired) electrons. The molecule has 444 valence electrons. The van der Waals surface area contributed by atoms with Crippen molar-refractivity contribution in [2.75, 3.05) is 57.2 Å². The summed E-state index contributed by atoms with van der Waals surface area (Å²) in [5.41, 5.74) is -0.797. The Hall–Kier alpha value is -2.69. The minimum atomic E-state index is -3.34. The number of aliphatic hydroxyl groups is 1. The number of hydrogen-bond acceptors (Lipinski definition) is 13. The van der Waals surface area contributed by atoms with Crippen LogP contribution in [0.25, 0.3) is 0 Å². The highest BCUT2D eigenvalue weighted by atomic mass is 32.2. The lowest BCUT2D eigenvalue weighted by Gasteiger charge is -2.40. The Morgan fingerprint density at radius 3 is 2.01 bits per heavy atom. The van der Waals surface area contributed by atoms with E-state index in [1.807, 2.05) is 32.5 Å². The molecule has 9 unspecified atom stereocenters. The van der Waals surface area contributed by atoms with Gasteiger partial charge in [0.2, 0.25) is 45.5 Å². The number of nitrogens with one attached hydrogen (secondary N) is 7. The van der Waals surface area contributed by atoms with Gasteiger partial charge in [0, 0.05) is 80.9 Å². The lowest BCUT2D eigenvalue weighted by atomic mass is 9.67. The van der Waals surface area contributed by atoms with E-state index in [4.69, 9.17) is 0 Å². The highest BCUT2D eigenvalue weighted by molar-refractivity contribution is 8.00. The summed E-state index contributed by atoms with van der Waals surface area (Å²) in [6.45, 7) is 9.78. The summed E-state index contributed by atoms with van der Waals surface area (Å²) < 4.78 is 25.0. The van der Waals surface area contributed by atoms with E-state index < -0.39 is 39.5 Å². The van der Waals surface area contributed by atoms with E-state index in [2.05, 4.69) is 44.1 Å². The van der Waals surface area contributed by atoms with Crippen molar-refractivity contribution in [3.63, 3.8) is 0 Å². The summed E-state index contributed by atoms with van der Waals surface area (Å²) >= 11 is 3.73. The number of β-amino-alcohol motifs (C(OH)–C–C–N with tert-alkyl or cyclic N) is 1. The summed E-state index contributed by atoms with van der Waals surface area (Å²) in [6, 6.07) is -0.715. The summed E-state index contributed by atoms with van der Waals surface area (Å²) in [6.07, 6.45) is 22.6. The molecule has 4 aliphatic heterocycles. The number of amides is 6. The maximum Gasteiger partial charge on any atom is 0.246 e. The Bertz CT molecular complexity index is 2110. The van der Waals surface area contributed by atoms with Crippen LogP contribution in [0.4, 0.5) is 0 Å². The van der Waals surface area contributed by atoms with Gasteiger partial charge in [0.1, 0.15) is 17.6 Å². The van der Waals surface area contributed by atoms with Crippen molar-refractivity contribution in [3.05, 3.63) is 0 Å². The molecule has 78 heavy (non-hydrogen) atoms. The molecule has 7 aliphatic rings. The quantitative estimate of drug-likeness (QED) is 0.0549. The van der Waals surface area contributed by atoms with Crippen LogP contribution in [0, 0.1) is 46.8 Å². The lowest BCUT2D eigenvalue weighted by molar-refractivity contribution is -0.144. The van der Waals surface area contributed by atoms with Gasteiger partial charge in [0.05, 0.1) is 24.8 Å². The average molecular weight is 1150 g/mol. The van der Waals surface area contributed by atoms with Gasteiger partial charge in [-0.3, -0.25) is 34.1 Å². The topological polar surface area (TPSA) is 247 Å². The van der Waals surface area contributed by atoms with Crippen LogP contribution in [0.5, 0.6) is 0 Å². The van der Waals surface area contributed by atoms with Crippen molar-refractivity contribution >= 4 is 69.0 Å². The highest BCUT2D eigenvalue weighted by Crippen LogP contribution is 2.44. The number of nitrogens with zero attached hydrogens (tertiary/aromatic N) is 2. The smallest absolute Gasteiger partial charge is 0.246 e. The fourth-order valence-electron chi connectivity index (χ4n) is 13.9. The van der Waals surface area contributed by atoms with Crippen molar-refractivity contribution in [1.82, 2.24) is 46.4 Å². The van der Waals surface area contributed by atoms with Gasteiger partial charge >= 0.3 is 0 Å². The minimum Gasteiger partial charge on any atom is -0.391 e. The first kappa shape index (κ1) is 62.9. The monoisotopic (exact) mass is 1150 g/mol. The second-order valence-corrected chi connectivity index (χ2v) is 30.0. The SMILES string of the molecule is CC1NCSC1C1CCC(CNC(=O)[C@@H]2C[C@@H](O)CN2C(=O)[C@@H](NC(=O)CCCCCCCCCC(=O)NCC2CCCC(C3CCCC(C4CSC(NC(=O)CNC(=O)C5CCN(S(C)(=O)=O)C5)N4)C3)C2)C(C)(C)C)CC1. The number of carbonyl (C=O) groups is 6. The highest BCUT2D eigenvalue weighted by Gasteiger charge is 2.45. The molecule has 7 rings (SSSR count). The Labute approximate surface area is 475 Å². The van der Waals surface area contributed by atoms with Gasteiger partial charge < -0.3 is 41.9 Å². The van der Waals surface area contributed by atoms with Gasteiger partial charge in [0.15, 0.2) is 0 Å². The molecule has 0 aromatic rings. The molecule has 7 fully saturated rings. The Balaban J connectivity index is 0.705. The van der Waals surface area contributed by atoms with Crippen LogP contribution in [0.15, 0.2) is 0 Å². The molecule has 3 aliphatic carbocycles. The van der Waals surface area contributed by atoms with E-state index in [0.717, 1.165) is 88.6 Å². The van der Waals surface area contributed by atoms with Gasteiger partial charge in [-0.2, -0.15) is 0 Å². The molecule has 0 aromatic carbocycles. The maximum atomic E-state index is 14.1. The van der Waals surface area contributed by atoms with E-state index in [1.54, 1.807) is 11.8 Å². The van der Waals surface area contributed by atoms with Crippen molar-refractivity contribution in [2.24, 2.45) is 46.8 Å². The number of likely N-dealkylation sites (tertiary alicyclic amines) is 1. The van der Waals surface area contributed by atoms with Gasteiger partial charge in [-0.1, -0.05) is 78.6 Å². The fraction of sp³-hybridized carbons (Fsp3) is 0.895. The van der Waals surface area contributed by atoms with Gasteiger partial charge in [-0.15, -0.1) is 23.5 Å². The molecule has 4 heterocycles. The van der Waals surface area contributed by atoms with Gasteiger partial charge in [-0.05, 0) is 118 Å². The van der Waals surface area contributed by atoms with Crippen LogP contribution < -0.4 is 37.2 Å². The zero-order valence-corrected chi connectivity index (χ0v) is 50.3. The van der Waals surface area contributed by atoms with Crippen LogP contribution in [0.3, 0.4) is 0 Å². The van der Waals surface area contributed by atoms with Crippen LogP contribution in [0.1, 0.15) is 175 Å². The van der Waals surface area contributed by atoms with Gasteiger partial charge in [0.25, 0.3) is 0 Å². The predicted molar refractivity (Wildman–Crippen MR) is 309 cm³/mol. The average Bonchev–Trinajstić information content (AvgIpc) is 4.28. The zero-order chi connectivity index (χ0) is 56.0. The number of sulfonamides is 1. The van der Waals surface area contributed by atoms with Gasteiger partial charge in [-0.25, -0.2) is 12.7 Å². The van der Waals surface area contributed by atoms with E-state index in [-0.39, 0.29) is 67.0 Å². The third kappa shape index (κ3) is 18.9. The third-order valence-corrected chi connectivity index (χ3v) is 22.5. The van der Waals surface area contributed by atoms with E-state index in [9.17, 15) is 42.3 Å². The molecule has 0 aromatic heterocycles. The maximum absolute atomic E-state index is 14.1. The van der Waals surface area contributed by atoms with Crippen molar-refractivity contribution in [1.29, 1.82) is 0 Å². The molecule has 0 bridgehead atoms. The van der Waals surface area contributed by atoms with Crippen LogP contribution in [-0.2, 0) is 38.8 Å². The first-order valence-electron chi connectivity index (χ1n) is 30.3. The molecule has 6 amide bonds. The first-order valence-corrected chi connectivity index (χ1v) is 34.2. The Morgan fingerprint density at radius 2 is 1.35 bits per heavy atom. The number of unbranched alkanes of at least 4 members (excludes halogenated alkanes) is 6. The third-order valence-electron chi connectivity index (χ3n) is 18.6. The number of thioether (sulfide) groups is 2. The molecule has 0 spiro atoms. The molecular formula is C57H99N9O9S3. The molecule has 18 nitrogen and oxygen atoms in total. The summed E-state index contributed by atoms with van der Waals surface area (Å²) in [7, 11) is -3.34. The first-order chi connectivity index (χ1) is 37.2. The number of rotatable bonds is 25. The normalized spacial score (nSPS) is 32.3. The minimum absolute atomic E-state index is 0.0756. The van der Waals surface area contributed by atoms with E-state index in [1.165, 1.54) is 67.0 Å². The number of aliphatic hydroxyl groups excluding tert-OH is 1. The van der Waals surface area contributed by atoms with Crippen LogP contribution >= 0.6 is 23.5 Å². The molecular weight excluding hydrogens is 1050 g/mol. The van der Waals surface area contributed by atoms with Crippen LogP contribution in [-0.4, -0.2) is 156 Å². The zero-order valence-electron chi connectivity index (χ0n) is 47.8. The Morgan fingerprint density at radius 1 is 0.692 bits per heavy atom. The van der Waals surface area contributed by atoms with E-state index in [0.29, 0.717) is 85.2 Å². The fourth-order valence-corrected chi connectivity index (χ4v) is 17.5. The lowest BCUT2D eigenvalue weighted by Crippen LogP contribution is -2.58. The molecule has 4 saturated heterocycles. The predicted octanol–water partition coefficient (Wildman–Crippen LogP) is 5.20. The largest absolute Gasteiger partial charge is 0.391 e. The summed E-state index contributed by atoms with van der Waals surface area (Å²) in [4.78, 5) is 80.7. The number of hydrogen-bond donors (Lipinski definition) is 8. The Kier molecular flexibility index (Phi) is 24.2. The standard InChI is InChI=1S/C57H99N9O9S3/c1-37-51(77-36-61-37)40-23-21-38(22-24-40)30-59-54(72)47-29-45(67)34-66(47)55(73)52(57(2,3)4)63-49(69)20-12-10-8-6-7-9-11-19-48(68)58-31-39-15-13-16-41(27-39)42-17-14-18-43(28-42)46-35-76-56(62-46)64-50(70)32-60-53(71)44-25-26-65(33-44)78(5,74)75/h37-47,51-52,56,61-62,67H,6-36H2,1-5H3,(H,58,68)(H,59,72)(H,60,71)(H,63,69)(H,64,70)/t37?,38?,39?,40?,41?,42?,43?,44?,45-,46?,47+,51?,52-,56?/m1/s1. The second kappa shape index (κ2) is 30.0. The van der Waals surface area contributed by atoms with Crippen LogP contribution in [0.2, 0.25) is 0 Å². The molecule has 8 N–H and O–H groups in total. The molecule has 21 heteroatoms. The van der Waals surface area contributed by atoms with Crippen molar-refractivity contribution in [2.45, 2.75) is 216 Å².